The number of hydrogen-bond acceptors (Lipinski definition) is 4. The number of carbonyl (C=O) groups is 2. The predicted octanol–water partition coefficient (Wildman–Crippen LogP) is 2.62. The van der Waals surface area contributed by atoms with E-state index in [4.69, 9.17) is 10.5 Å². The fourth-order valence-corrected chi connectivity index (χ4v) is 5.30. The summed E-state index contributed by atoms with van der Waals surface area (Å²) in [6.07, 6.45) is 5.49. The molecule has 0 spiro atoms. The molecule has 4 rings (SSSR count). The molecule has 2 aliphatic carbocycles. The molecule has 1 heterocycles. The number of hydrogen-bond donors (Lipinski definition) is 1. The van der Waals surface area contributed by atoms with Crippen LogP contribution in [0.1, 0.15) is 37.7 Å². The summed E-state index contributed by atoms with van der Waals surface area (Å²) in [7, 11) is 0. The summed E-state index contributed by atoms with van der Waals surface area (Å²) in [6, 6.07) is 7.98. The van der Waals surface area contributed by atoms with Crippen molar-refractivity contribution < 1.29 is 14.3 Å². The van der Waals surface area contributed by atoms with Crippen LogP contribution in [-0.4, -0.2) is 60.4 Å². The Morgan fingerprint density at radius 1 is 1.00 bits per heavy atom. The van der Waals surface area contributed by atoms with E-state index in [0.717, 1.165) is 18.4 Å². The molecule has 2 amide bonds. The minimum atomic E-state index is -0.0177. The zero-order valence-electron chi connectivity index (χ0n) is 17.8. The van der Waals surface area contributed by atoms with Crippen LogP contribution >= 0.6 is 12.4 Å². The van der Waals surface area contributed by atoms with Crippen molar-refractivity contribution in [3.8, 4) is 5.75 Å². The van der Waals surface area contributed by atoms with Crippen LogP contribution in [0, 0.1) is 24.7 Å². The van der Waals surface area contributed by atoms with Gasteiger partial charge in [0.1, 0.15) is 5.75 Å². The Morgan fingerprint density at radius 2 is 1.57 bits per heavy atom. The van der Waals surface area contributed by atoms with Crippen molar-refractivity contribution in [1.82, 2.24) is 9.80 Å². The molecule has 2 bridgehead atoms. The summed E-state index contributed by atoms with van der Waals surface area (Å²) >= 11 is 0. The molecule has 6 nitrogen and oxygen atoms in total. The Balaban J connectivity index is 0.00000256. The van der Waals surface area contributed by atoms with Gasteiger partial charge in [-0.2, -0.15) is 0 Å². The van der Waals surface area contributed by atoms with Gasteiger partial charge in [0, 0.05) is 38.1 Å². The van der Waals surface area contributed by atoms with Gasteiger partial charge in [-0.15, -0.1) is 12.4 Å². The summed E-state index contributed by atoms with van der Waals surface area (Å²) < 4.78 is 5.61. The maximum atomic E-state index is 13.1. The molecule has 1 aromatic rings. The number of rotatable bonds is 4. The highest BCUT2D eigenvalue weighted by Gasteiger charge is 2.42. The number of halogens is 1. The molecule has 1 saturated heterocycles. The van der Waals surface area contributed by atoms with Crippen LogP contribution in [0.5, 0.6) is 5.75 Å². The highest BCUT2D eigenvalue weighted by molar-refractivity contribution is 5.85. The molecule has 2 saturated carbocycles. The number of amides is 2. The van der Waals surface area contributed by atoms with Crippen LogP contribution in [0.25, 0.3) is 0 Å². The Morgan fingerprint density at radius 3 is 2.17 bits per heavy atom. The molecule has 166 valence electrons. The highest BCUT2D eigenvalue weighted by atomic mass is 35.5. The lowest BCUT2D eigenvalue weighted by Crippen LogP contribution is -2.55. The number of benzene rings is 1. The van der Waals surface area contributed by atoms with E-state index in [9.17, 15) is 9.59 Å². The maximum absolute atomic E-state index is 13.1. The van der Waals surface area contributed by atoms with E-state index in [1.54, 1.807) is 0 Å². The second-order valence-electron chi connectivity index (χ2n) is 9.00. The number of nitrogens with zero attached hydrogens (tertiary/aromatic N) is 2. The Bertz CT molecular complexity index is 720. The van der Waals surface area contributed by atoms with Gasteiger partial charge in [0.05, 0.1) is 0 Å². The summed E-state index contributed by atoms with van der Waals surface area (Å²) in [4.78, 5) is 29.3. The molecule has 2 atom stereocenters. The smallest absolute Gasteiger partial charge is 0.260 e. The molecule has 3 aliphatic rings. The minimum absolute atomic E-state index is 0. The molecule has 2 unspecified atom stereocenters. The van der Waals surface area contributed by atoms with Crippen LogP contribution in [0.3, 0.4) is 0 Å². The van der Waals surface area contributed by atoms with Crippen molar-refractivity contribution in [1.29, 1.82) is 0 Å². The molecule has 2 N–H and O–H groups in total. The Kier molecular flexibility index (Phi) is 7.64. The summed E-state index contributed by atoms with van der Waals surface area (Å²) in [5.41, 5.74) is 7.53. The first-order valence-corrected chi connectivity index (χ1v) is 11.0. The van der Waals surface area contributed by atoms with Crippen LogP contribution in [0.4, 0.5) is 0 Å². The molecule has 1 aliphatic heterocycles. The van der Waals surface area contributed by atoms with Gasteiger partial charge in [-0.1, -0.05) is 24.1 Å². The molecule has 0 aromatic heterocycles. The predicted molar refractivity (Wildman–Crippen MR) is 119 cm³/mol. The monoisotopic (exact) mass is 435 g/mol. The first kappa shape index (κ1) is 22.9. The fraction of sp³-hybridized carbons (Fsp3) is 0.652. The SMILES string of the molecule is Cc1ccc(OCC(=O)N2CCN(C(=O)C3CC4CCCC(C3)C4N)CC2)cc1.Cl. The summed E-state index contributed by atoms with van der Waals surface area (Å²) in [5.74, 6) is 2.11. The van der Waals surface area contributed by atoms with Gasteiger partial charge in [0.2, 0.25) is 5.91 Å². The Labute approximate surface area is 185 Å². The van der Waals surface area contributed by atoms with E-state index in [2.05, 4.69) is 0 Å². The average Bonchev–Trinajstić information content (AvgIpc) is 2.72. The quantitative estimate of drug-likeness (QED) is 0.788. The van der Waals surface area contributed by atoms with Crippen molar-refractivity contribution in [2.24, 2.45) is 23.5 Å². The summed E-state index contributed by atoms with van der Waals surface area (Å²) in [5, 5.41) is 0. The number of fused-ring (bicyclic) bond motifs is 2. The van der Waals surface area contributed by atoms with Crippen molar-refractivity contribution in [2.45, 2.75) is 45.1 Å². The topological polar surface area (TPSA) is 75.9 Å². The largest absolute Gasteiger partial charge is 0.484 e. The molecule has 1 aromatic carbocycles. The zero-order chi connectivity index (χ0) is 20.4. The van der Waals surface area contributed by atoms with Crippen LogP contribution in [0.15, 0.2) is 24.3 Å². The second-order valence-corrected chi connectivity index (χ2v) is 9.00. The number of aryl methyl sites for hydroxylation is 1. The minimum Gasteiger partial charge on any atom is -0.484 e. The van der Waals surface area contributed by atoms with E-state index < -0.39 is 0 Å². The van der Waals surface area contributed by atoms with E-state index in [-0.39, 0.29) is 42.8 Å². The molecular formula is C23H34ClN3O3. The first-order valence-electron chi connectivity index (χ1n) is 11.0. The lowest BCUT2D eigenvalue weighted by Gasteiger charge is -2.45. The zero-order valence-corrected chi connectivity index (χ0v) is 18.6. The lowest BCUT2D eigenvalue weighted by atomic mass is 9.65. The third kappa shape index (κ3) is 5.09. The molecule has 0 radical (unpaired) electrons. The number of piperazine rings is 1. The van der Waals surface area contributed by atoms with Gasteiger partial charge in [0.15, 0.2) is 6.61 Å². The summed E-state index contributed by atoms with van der Waals surface area (Å²) in [6.45, 7) is 4.46. The lowest BCUT2D eigenvalue weighted by molar-refractivity contribution is -0.145. The van der Waals surface area contributed by atoms with Gasteiger partial charge in [-0.05, 0) is 56.6 Å². The number of carbonyl (C=O) groups excluding carboxylic acids is 2. The van der Waals surface area contributed by atoms with Crippen molar-refractivity contribution in [3.63, 3.8) is 0 Å². The molecule has 30 heavy (non-hydrogen) atoms. The second kappa shape index (κ2) is 10.0. The number of nitrogens with two attached hydrogens (primary N) is 1. The standard InChI is InChI=1S/C23H33N3O3.ClH/c1-16-5-7-20(8-6-16)29-15-21(27)25-9-11-26(12-10-25)23(28)19-13-17-3-2-4-18(14-19)22(17)24;/h5-8,17-19,22H,2-4,9-15,24H2,1H3;1H. The van der Waals surface area contributed by atoms with Crippen molar-refractivity contribution >= 4 is 24.2 Å². The number of ether oxygens (including phenoxy) is 1. The van der Waals surface area contributed by atoms with E-state index in [1.807, 2.05) is 41.0 Å². The molecule has 3 fully saturated rings. The van der Waals surface area contributed by atoms with Crippen LogP contribution in [-0.2, 0) is 9.59 Å². The van der Waals surface area contributed by atoms with Crippen LogP contribution in [0.2, 0.25) is 0 Å². The molecule has 7 heteroatoms. The van der Waals surface area contributed by atoms with E-state index in [1.165, 1.54) is 19.3 Å². The third-order valence-electron chi connectivity index (χ3n) is 7.09. The van der Waals surface area contributed by atoms with Crippen molar-refractivity contribution in [2.75, 3.05) is 32.8 Å². The average molecular weight is 436 g/mol. The first-order chi connectivity index (χ1) is 14.0. The maximum Gasteiger partial charge on any atom is 0.260 e. The van der Waals surface area contributed by atoms with Crippen molar-refractivity contribution in [3.05, 3.63) is 29.8 Å². The Hall–Kier alpha value is -1.79. The van der Waals surface area contributed by atoms with Gasteiger partial charge in [0.25, 0.3) is 5.91 Å². The van der Waals surface area contributed by atoms with E-state index in [0.29, 0.717) is 43.8 Å². The fourth-order valence-electron chi connectivity index (χ4n) is 5.30. The normalized spacial score (nSPS) is 28.5. The third-order valence-corrected chi connectivity index (χ3v) is 7.09. The van der Waals surface area contributed by atoms with Gasteiger partial charge >= 0.3 is 0 Å². The van der Waals surface area contributed by atoms with Gasteiger partial charge in [-0.25, -0.2) is 0 Å². The van der Waals surface area contributed by atoms with Gasteiger partial charge < -0.3 is 20.3 Å². The highest BCUT2D eigenvalue weighted by Crippen LogP contribution is 2.42. The van der Waals surface area contributed by atoms with Crippen LogP contribution < -0.4 is 10.5 Å². The van der Waals surface area contributed by atoms with Gasteiger partial charge in [-0.3, -0.25) is 9.59 Å². The molecular weight excluding hydrogens is 402 g/mol. The van der Waals surface area contributed by atoms with E-state index >= 15 is 0 Å².